The number of ether oxygens (including phenoxy) is 1. The summed E-state index contributed by atoms with van der Waals surface area (Å²) in [4.78, 5) is 7.37. The molecule has 164 valence electrons. The van der Waals surface area contributed by atoms with Gasteiger partial charge in [0.25, 0.3) is 0 Å². The Morgan fingerprint density at radius 1 is 1.23 bits per heavy atom. The monoisotopic (exact) mass is 413 g/mol. The van der Waals surface area contributed by atoms with E-state index < -0.39 is 0 Å². The van der Waals surface area contributed by atoms with Crippen molar-refractivity contribution in [2.45, 2.75) is 52.7 Å². The lowest BCUT2D eigenvalue weighted by atomic mass is 10.1. The Kier molecular flexibility index (Phi) is 7.68. The summed E-state index contributed by atoms with van der Waals surface area (Å²) >= 11 is 0. The summed E-state index contributed by atoms with van der Waals surface area (Å²) in [5, 5.41) is 15.4. The molecule has 0 radical (unpaired) electrons. The first-order chi connectivity index (χ1) is 14.5. The molecule has 1 unspecified atom stereocenters. The molecule has 0 amide bonds. The molecule has 0 aliphatic carbocycles. The van der Waals surface area contributed by atoms with E-state index in [4.69, 9.17) is 9.73 Å². The van der Waals surface area contributed by atoms with Crippen molar-refractivity contribution in [1.29, 1.82) is 0 Å². The van der Waals surface area contributed by atoms with Crippen molar-refractivity contribution >= 4 is 5.96 Å². The van der Waals surface area contributed by atoms with Crippen molar-refractivity contribution < 1.29 is 4.74 Å². The molecule has 1 atom stereocenters. The van der Waals surface area contributed by atoms with Crippen LogP contribution in [0.15, 0.2) is 23.2 Å². The van der Waals surface area contributed by atoms with E-state index in [0.29, 0.717) is 19.1 Å². The van der Waals surface area contributed by atoms with Gasteiger partial charge in [0.15, 0.2) is 11.8 Å². The first kappa shape index (κ1) is 22.1. The summed E-state index contributed by atoms with van der Waals surface area (Å²) in [6, 6.07) is 6.76. The van der Waals surface area contributed by atoms with E-state index in [0.717, 1.165) is 42.0 Å². The summed E-state index contributed by atoms with van der Waals surface area (Å²) in [6.07, 6.45) is 2.49. The van der Waals surface area contributed by atoms with Crippen molar-refractivity contribution in [3.63, 3.8) is 0 Å². The second kappa shape index (κ2) is 10.4. The van der Waals surface area contributed by atoms with Gasteiger partial charge in [-0.25, -0.2) is 4.99 Å². The minimum Gasteiger partial charge on any atom is -0.497 e. The molecule has 30 heavy (non-hydrogen) atoms. The third-order valence-electron chi connectivity index (χ3n) is 5.77. The fourth-order valence-corrected chi connectivity index (χ4v) is 3.90. The minimum absolute atomic E-state index is 0.554. The highest BCUT2D eigenvalue weighted by Gasteiger charge is 2.22. The number of methoxy groups -OCH3 is 1. The molecule has 1 aromatic carbocycles. The predicted octanol–water partition coefficient (Wildman–Crippen LogP) is 2.16. The van der Waals surface area contributed by atoms with Crippen LogP contribution in [0.5, 0.6) is 5.75 Å². The van der Waals surface area contributed by atoms with Crippen LogP contribution >= 0.6 is 0 Å². The molecule has 3 rings (SSSR count). The van der Waals surface area contributed by atoms with Crippen LogP contribution in [0.2, 0.25) is 0 Å². The van der Waals surface area contributed by atoms with Crippen LogP contribution in [0.3, 0.4) is 0 Å². The molecule has 8 nitrogen and oxygen atoms in total. The maximum atomic E-state index is 5.40. The van der Waals surface area contributed by atoms with Crippen molar-refractivity contribution in [3.05, 3.63) is 41.0 Å². The normalized spacial score (nSPS) is 17.4. The third-order valence-corrected chi connectivity index (χ3v) is 5.77. The maximum absolute atomic E-state index is 5.40. The van der Waals surface area contributed by atoms with Crippen LogP contribution < -0.4 is 15.4 Å². The van der Waals surface area contributed by atoms with Crippen molar-refractivity contribution in [2.24, 2.45) is 12.0 Å². The average molecular weight is 414 g/mol. The summed E-state index contributed by atoms with van der Waals surface area (Å²) < 4.78 is 7.39. The third kappa shape index (κ3) is 5.72. The zero-order chi connectivity index (χ0) is 21.5. The van der Waals surface area contributed by atoms with Crippen LogP contribution in [0.25, 0.3) is 0 Å². The summed E-state index contributed by atoms with van der Waals surface area (Å²) in [6.45, 7) is 10.6. The second-order valence-electron chi connectivity index (χ2n) is 7.90. The number of nitrogens with zero attached hydrogens (tertiary/aromatic N) is 5. The fourth-order valence-electron chi connectivity index (χ4n) is 3.90. The lowest BCUT2D eigenvalue weighted by Crippen LogP contribution is -2.44. The van der Waals surface area contributed by atoms with Gasteiger partial charge in [0, 0.05) is 19.6 Å². The molecule has 0 bridgehead atoms. The van der Waals surface area contributed by atoms with E-state index in [-0.39, 0.29) is 0 Å². The Hall–Kier alpha value is -2.61. The molecular formula is C22H35N7O. The van der Waals surface area contributed by atoms with E-state index in [9.17, 15) is 0 Å². The van der Waals surface area contributed by atoms with Gasteiger partial charge in [0.05, 0.1) is 20.2 Å². The largest absolute Gasteiger partial charge is 0.497 e. The zero-order valence-corrected chi connectivity index (χ0v) is 18.9. The quantitative estimate of drug-likeness (QED) is 0.510. The van der Waals surface area contributed by atoms with Crippen molar-refractivity contribution in [3.8, 4) is 5.75 Å². The zero-order valence-electron chi connectivity index (χ0n) is 18.9. The number of rotatable bonds is 8. The molecule has 1 aliphatic rings. The Balaban J connectivity index is 1.69. The average Bonchev–Trinajstić information content (AvgIpc) is 3.33. The predicted molar refractivity (Wildman–Crippen MR) is 120 cm³/mol. The van der Waals surface area contributed by atoms with Crippen LogP contribution in [0.1, 0.15) is 42.5 Å². The van der Waals surface area contributed by atoms with E-state index in [2.05, 4.69) is 45.6 Å². The number of likely N-dealkylation sites (N-methyl/N-ethyl adjacent to an activating group) is 1. The van der Waals surface area contributed by atoms with Crippen LogP contribution in [-0.4, -0.2) is 58.4 Å². The number of likely N-dealkylation sites (tertiary alicyclic amines) is 1. The fraction of sp³-hybridized carbons (Fsp3) is 0.591. The number of aromatic nitrogens is 3. The van der Waals surface area contributed by atoms with Gasteiger partial charge in [-0.05, 0) is 63.0 Å². The van der Waals surface area contributed by atoms with E-state index in [1.165, 1.54) is 24.9 Å². The highest BCUT2D eigenvalue weighted by Crippen LogP contribution is 2.17. The number of benzene rings is 1. The number of hydrogen-bond acceptors (Lipinski definition) is 5. The lowest BCUT2D eigenvalue weighted by Gasteiger charge is -2.24. The van der Waals surface area contributed by atoms with Gasteiger partial charge in [-0.15, -0.1) is 10.2 Å². The summed E-state index contributed by atoms with van der Waals surface area (Å²) in [5.74, 6) is 3.44. The molecule has 0 spiro atoms. The Labute approximate surface area is 179 Å². The SMILES string of the molecule is CCN1CCCC1CNC(=NCc1cc(C)cc(OC)c1)NCc1nnc(C)n1C. The number of nitrogens with one attached hydrogen (secondary N) is 2. The molecule has 2 heterocycles. The molecule has 1 aromatic heterocycles. The molecule has 1 aliphatic heterocycles. The smallest absolute Gasteiger partial charge is 0.192 e. The first-order valence-corrected chi connectivity index (χ1v) is 10.8. The number of guanidine groups is 1. The topological polar surface area (TPSA) is 79.6 Å². The van der Waals surface area contributed by atoms with Gasteiger partial charge >= 0.3 is 0 Å². The van der Waals surface area contributed by atoms with Crippen LogP contribution in [-0.2, 0) is 20.1 Å². The minimum atomic E-state index is 0.554. The molecule has 8 heteroatoms. The van der Waals surface area contributed by atoms with Gasteiger partial charge in [0.1, 0.15) is 11.6 Å². The van der Waals surface area contributed by atoms with Crippen molar-refractivity contribution in [1.82, 2.24) is 30.3 Å². The van der Waals surface area contributed by atoms with Gasteiger partial charge < -0.3 is 19.9 Å². The highest BCUT2D eigenvalue weighted by molar-refractivity contribution is 5.79. The van der Waals surface area contributed by atoms with E-state index in [1.54, 1.807) is 7.11 Å². The number of aliphatic imine (C=N–C) groups is 1. The first-order valence-electron chi connectivity index (χ1n) is 10.8. The standard InChI is InChI=1S/C22H35N7O/c1-6-29-9-7-8-19(29)14-24-22(25-15-21-27-26-17(3)28(21)4)23-13-18-10-16(2)11-20(12-18)30-5/h10-12,19H,6-9,13-15H2,1-5H3,(H2,23,24,25). The number of aryl methyl sites for hydroxylation is 2. The Morgan fingerprint density at radius 3 is 2.77 bits per heavy atom. The molecule has 2 N–H and O–H groups in total. The van der Waals surface area contributed by atoms with Crippen molar-refractivity contribution in [2.75, 3.05) is 26.7 Å². The Bertz CT molecular complexity index is 861. The second-order valence-corrected chi connectivity index (χ2v) is 7.90. The van der Waals surface area contributed by atoms with Gasteiger partial charge in [0.2, 0.25) is 0 Å². The van der Waals surface area contributed by atoms with Crippen LogP contribution in [0.4, 0.5) is 0 Å². The molecule has 2 aromatic rings. The Morgan fingerprint density at radius 2 is 2.07 bits per heavy atom. The molecule has 1 saturated heterocycles. The highest BCUT2D eigenvalue weighted by atomic mass is 16.5. The van der Waals surface area contributed by atoms with E-state index >= 15 is 0 Å². The van der Waals surface area contributed by atoms with Crippen LogP contribution in [0, 0.1) is 13.8 Å². The molecular weight excluding hydrogens is 378 g/mol. The van der Waals surface area contributed by atoms with Gasteiger partial charge in [-0.3, -0.25) is 4.90 Å². The summed E-state index contributed by atoms with van der Waals surface area (Å²) in [5.41, 5.74) is 2.29. The number of hydrogen-bond donors (Lipinski definition) is 2. The van der Waals surface area contributed by atoms with Gasteiger partial charge in [-0.2, -0.15) is 0 Å². The lowest BCUT2D eigenvalue weighted by molar-refractivity contribution is 0.267. The molecule has 1 fully saturated rings. The van der Waals surface area contributed by atoms with E-state index in [1.807, 2.05) is 30.7 Å². The summed E-state index contributed by atoms with van der Waals surface area (Å²) in [7, 11) is 3.67. The molecule has 0 saturated carbocycles. The maximum Gasteiger partial charge on any atom is 0.192 e. The van der Waals surface area contributed by atoms with Gasteiger partial charge in [-0.1, -0.05) is 13.0 Å².